The molecule has 0 aromatic carbocycles. The number of hydrogen-bond donors (Lipinski definition) is 4. The van der Waals surface area contributed by atoms with Crippen molar-refractivity contribution >= 4 is 46.8 Å². The number of rotatable bonds is 16. The summed E-state index contributed by atoms with van der Waals surface area (Å²) in [7, 11) is 1.12. The number of methoxy groups -OCH3 is 1. The number of carbonyl (C=O) groups is 5. The van der Waals surface area contributed by atoms with Crippen LogP contribution in [0.1, 0.15) is 51.2 Å². The summed E-state index contributed by atoms with van der Waals surface area (Å²) in [4.78, 5) is 82.1. The minimum atomic E-state index is -1.42. The van der Waals surface area contributed by atoms with E-state index < -0.39 is 59.4 Å². The fourth-order valence-corrected chi connectivity index (χ4v) is 3.39. The van der Waals surface area contributed by atoms with E-state index >= 15 is 0 Å². The first kappa shape index (κ1) is 34.1. The van der Waals surface area contributed by atoms with Gasteiger partial charge in [-0.2, -0.15) is 0 Å². The van der Waals surface area contributed by atoms with Gasteiger partial charge in [-0.05, 0) is 36.8 Å². The minimum Gasteiger partial charge on any atom is -0.479 e. The number of nitrogens with zero attached hydrogens (tertiary/aromatic N) is 4. The van der Waals surface area contributed by atoms with Crippen LogP contribution in [-0.2, 0) is 14.3 Å². The highest BCUT2D eigenvalue weighted by molar-refractivity contribution is 6.06. The number of carboxylic acid groups (broad SMARTS) is 2. The second kappa shape index (κ2) is 15.9. The van der Waals surface area contributed by atoms with E-state index in [9.17, 15) is 34.1 Å². The number of hydrogen-bond acceptors (Lipinski definition) is 14. The van der Waals surface area contributed by atoms with Crippen LogP contribution in [0.25, 0.3) is 0 Å². The zero-order chi connectivity index (χ0) is 33.8. The number of anilines is 2. The highest BCUT2D eigenvalue weighted by Gasteiger charge is 2.23. The van der Waals surface area contributed by atoms with Crippen molar-refractivity contribution in [2.75, 3.05) is 37.6 Å². The number of unbranched alkanes of at least 4 members (excludes halogenated alkanes) is 1. The molecule has 2 amide bonds. The summed E-state index contributed by atoms with van der Waals surface area (Å²) in [5.74, 6) is -6.58. The van der Waals surface area contributed by atoms with Crippen LogP contribution < -0.4 is 24.8 Å². The zero-order valence-electron chi connectivity index (χ0n) is 24.2. The van der Waals surface area contributed by atoms with Gasteiger partial charge < -0.3 is 39.8 Å². The maximum absolute atomic E-state index is 13.1. The number of esters is 1. The maximum Gasteiger partial charge on any atom is 0.356 e. The molecule has 0 fully saturated rings. The zero-order valence-corrected chi connectivity index (χ0v) is 24.2. The van der Waals surface area contributed by atoms with Gasteiger partial charge >= 0.3 is 23.6 Å². The Morgan fingerprint density at radius 1 is 0.761 bits per heavy atom. The van der Waals surface area contributed by atoms with Gasteiger partial charge in [0.05, 0.1) is 18.6 Å². The lowest BCUT2D eigenvalue weighted by molar-refractivity contribution is -0.386. The summed E-state index contributed by atoms with van der Waals surface area (Å²) >= 11 is 0. The van der Waals surface area contributed by atoms with Gasteiger partial charge in [0, 0.05) is 6.07 Å². The van der Waals surface area contributed by atoms with Crippen molar-refractivity contribution in [1.29, 1.82) is 0 Å². The van der Waals surface area contributed by atoms with Gasteiger partial charge in [0.25, 0.3) is 17.7 Å². The van der Waals surface area contributed by atoms with Crippen molar-refractivity contribution in [1.82, 2.24) is 15.0 Å². The quantitative estimate of drug-likeness (QED) is 0.0754. The molecule has 0 spiro atoms. The van der Waals surface area contributed by atoms with E-state index in [0.29, 0.717) is 6.42 Å². The number of amides is 2. The first-order chi connectivity index (χ1) is 21.9. The number of aromatic nitrogens is 3. The molecule has 19 nitrogen and oxygen atoms in total. The molecule has 0 aliphatic rings. The summed E-state index contributed by atoms with van der Waals surface area (Å²) in [5, 5.41) is 34.0. The SMILES string of the molecule is CCCCOc1nc(C(=O)Nc2ccc(C(=O)OC)nc2OCC(=O)O)ccc1NC(=O)c1ccc([N+](=O)[O-])c(OCC(=O)O)n1. The molecule has 4 N–H and O–H groups in total. The molecule has 19 heteroatoms. The summed E-state index contributed by atoms with van der Waals surface area (Å²) in [6.07, 6.45) is 1.32. The molecular formula is C27H26N6O13. The minimum absolute atomic E-state index is 0.0135. The molecule has 3 heterocycles. The van der Waals surface area contributed by atoms with Gasteiger partial charge in [0.2, 0.25) is 11.8 Å². The standard InChI is InChI=1S/C27H26N6O13/c1-3-4-11-44-24-16(28-23(39)15-9-10-19(33(41)42)26(31-15)46-13-21(36)37)6-5-14(30-24)22(38)29-17-7-8-18(27(40)43-2)32-25(17)45-12-20(34)35/h5-10H,3-4,11-13H2,1-2H3,(H,28,39)(H,29,38)(H,34,35)(H,36,37). The van der Waals surface area contributed by atoms with Crippen LogP contribution >= 0.6 is 0 Å². The Morgan fingerprint density at radius 3 is 1.76 bits per heavy atom. The predicted molar refractivity (Wildman–Crippen MR) is 153 cm³/mol. The van der Waals surface area contributed by atoms with Crippen molar-refractivity contribution in [3.05, 3.63) is 63.6 Å². The van der Waals surface area contributed by atoms with Crippen molar-refractivity contribution in [2.45, 2.75) is 19.8 Å². The highest BCUT2D eigenvalue weighted by Crippen LogP contribution is 2.28. The van der Waals surface area contributed by atoms with Gasteiger partial charge in [-0.3, -0.25) is 19.7 Å². The van der Waals surface area contributed by atoms with Gasteiger partial charge in [0.1, 0.15) is 22.8 Å². The van der Waals surface area contributed by atoms with Gasteiger partial charge in [-0.1, -0.05) is 13.3 Å². The first-order valence-corrected chi connectivity index (χ1v) is 13.1. The summed E-state index contributed by atoms with van der Waals surface area (Å²) in [5.41, 5.74) is -1.58. The average molecular weight is 643 g/mol. The van der Waals surface area contributed by atoms with E-state index in [2.05, 4.69) is 30.3 Å². The van der Waals surface area contributed by atoms with E-state index in [1.807, 2.05) is 6.92 Å². The van der Waals surface area contributed by atoms with Gasteiger partial charge in [0.15, 0.2) is 18.9 Å². The number of aliphatic carboxylic acids is 2. The van der Waals surface area contributed by atoms with Crippen molar-refractivity contribution < 1.29 is 58.1 Å². The summed E-state index contributed by atoms with van der Waals surface area (Å²) in [6.45, 7) is 0.267. The smallest absolute Gasteiger partial charge is 0.356 e. The Morgan fingerprint density at radius 2 is 1.24 bits per heavy atom. The van der Waals surface area contributed by atoms with Crippen molar-refractivity contribution in [3.63, 3.8) is 0 Å². The van der Waals surface area contributed by atoms with E-state index in [1.54, 1.807) is 0 Å². The van der Waals surface area contributed by atoms with Crippen LogP contribution in [0, 0.1) is 10.1 Å². The van der Waals surface area contributed by atoms with Crippen LogP contribution in [0.2, 0.25) is 0 Å². The second-order valence-corrected chi connectivity index (χ2v) is 8.84. The molecule has 0 aliphatic carbocycles. The molecule has 0 bridgehead atoms. The molecule has 0 saturated heterocycles. The third-order valence-electron chi connectivity index (χ3n) is 5.52. The number of ether oxygens (including phenoxy) is 4. The lowest BCUT2D eigenvalue weighted by atomic mass is 10.2. The fourth-order valence-electron chi connectivity index (χ4n) is 3.39. The number of nitro groups is 1. The molecule has 242 valence electrons. The largest absolute Gasteiger partial charge is 0.479 e. The Bertz CT molecular complexity index is 1660. The molecule has 0 unspecified atom stereocenters. The fraction of sp³-hybridized carbons (Fsp3) is 0.259. The highest BCUT2D eigenvalue weighted by atomic mass is 16.6. The Labute approximate surface area is 258 Å². The second-order valence-electron chi connectivity index (χ2n) is 8.84. The van der Waals surface area contributed by atoms with Crippen LogP contribution in [0.3, 0.4) is 0 Å². The van der Waals surface area contributed by atoms with E-state index in [4.69, 9.17) is 24.4 Å². The molecule has 0 saturated carbocycles. The van der Waals surface area contributed by atoms with E-state index in [-0.39, 0.29) is 46.8 Å². The lowest BCUT2D eigenvalue weighted by Gasteiger charge is -2.14. The molecule has 0 aliphatic heterocycles. The molecular weight excluding hydrogens is 616 g/mol. The normalized spacial score (nSPS) is 10.3. The van der Waals surface area contributed by atoms with Crippen LogP contribution in [-0.4, -0.2) is 86.7 Å². The maximum atomic E-state index is 13.1. The molecule has 0 atom stereocenters. The molecule has 3 rings (SSSR count). The number of nitrogens with one attached hydrogen (secondary N) is 2. The third-order valence-corrected chi connectivity index (χ3v) is 5.52. The van der Waals surface area contributed by atoms with E-state index in [1.165, 1.54) is 24.3 Å². The average Bonchev–Trinajstić information content (AvgIpc) is 3.03. The topological polar surface area (TPSA) is 269 Å². The summed E-state index contributed by atoms with van der Waals surface area (Å²) < 4.78 is 20.2. The van der Waals surface area contributed by atoms with Crippen LogP contribution in [0.15, 0.2) is 36.4 Å². The van der Waals surface area contributed by atoms with Crippen molar-refractivity contribution in [3.8, 4) is 17.6 Å². The number of carbonyl (C=O) groups excluding carboxylic acids is 3. The number of pyridine rings is 3. The Hall–Kier alpha value is -6.40. The predicted octanol–water partition coefficient (Wildman–Crippen LogP) is 2.18. The number of carboxylic acids is 2. The lowest BCUT2D eigenvalue weighted by Crippen LogP contribution is -2.19. The van der Waals surface area contributed by atoms with Gasteiger partial charge in [-0.25, -0.2) is 29.3 Å². The molecule has 46 heavy (non-hydrogen) atoms. The molecule has 0 radical (unpaired) electrons. The molecule has 3 aromatic rings. The molecule has 3 aromatic heterocycles. The van der Waals surface area contributed by atoms with Crippen molar-refractivity contribution in [2.24, 2.45) is 0 Å². The summed E-state index contributed by atoms with van der Waals surface area (Å²) in [6, 6.07) is 6.91. The van der Waals surface area contributed by atoms with Crippen LogP contribution in [0.5, 0.6) is 17.6 Å². The first-order valence-electron chi connectivity index (χ1n) is 13.1. The van der Waals surface area contributed by atoms with E-state index in [0.717, 1.165) is 25.7 Å². The Kier molecular flexibility index (Phi) is 11.8. The monoisotopic (exact) mass is 642 g/mol. The van der Waals surface area contributed by atoms with Gasteiger partial charge in [-0.15, -0.1) is 0 Å². The van der Waals surface area contributed by atoms with Crippen LogP contribution in [0.4, 0.5) is 17.1 Å². The Balaban J connectivity index is 1.89. The third kappa shape index (κ3) is 9.30.